The van der Waals surface area contributed by atoms with Crippen LogP contribution in [0.25, 0.3) is 6.08 Å². The molecule has 3 heterocycles. The van der Waals surface area contributed by atoms with Gasteiger partial charge in [0, 0.05) is 17.7 Å². The summed E-state index contributed by atoms with van der Waals surface area (Å²) in [5.74, 6) is 1.10. The summed E-state index contributed by atoms with van der Waals surface area (Å²) in [6, 6.07) is 8.09. The van der Waals surface area contributed by atoms with Crippen LogP contribution in [0.3, 0.4) is 0 Å². The predicted octanol–water partition coefficient (Wildman–Crippen LogP) is 3.01. The Kier molecular flexibility index (Phi) is 6.75. The molecule has 0 unspecified atom stereocenters. The zero-order valence-electron chi connectivity index (χ0n) is 18.4. The molecule has 0 N–H and O–H groups in total. The summed E-state index contributed by atoms with van der Waals surface area (Å²) in [4.78, 5) is 31.6. The standard InChI is InChI=1S/C23H21IN2O6S/c1-5-31-22(28)19-12(2)25-23-26(20(19)15-8-6-13(29-3)10-16(15)30-4)21(27)17(33-23)11-14-7-9-18(24)32-14/h6-11,20H,5H2,1-4H3/b17-11-/t20-/m0/s1. The second kappa shape index (κ2) is 9.56. The number of hydrogen-bond donors (Lipinski definition) is 0. The van der Waals surface area contributed by atoms with Crippen molar-refractivity contribution in [2.75, 3.05) is 20.8 Å². The van der Waals surface area contributed by atoms with Gasteiger partial charge in [0.1, 0.15) is 23.3 Å². The number of halogens is 1. The third-order valence-corrected chi connectivity index (χ3v) is 6.68. The third-order valence-electron chi connectivity index (χ3n) is 5.12. The first-order valence-electron chi connectivity index (χ1n) is 10.0. The van der Waals surface area contributed by atoms with Crippen LogP contribution in [0.2, 0.25) is 0 Å². The molecule has 0 fully saturated rings. The summed E-state index contributed by atoms with van der Waals surface area (Å²) in [6.45, 7) is 3.67. The molecular formula is C23H21IN2O6S. The van der Waals surface area contributed by atoms with Crippen LogP contribution >= 0.6 is 33.9 Å². The lowest BCUT2D eigenvalue weighted by Crippen LogP contribution is -2.40. The van der Waals surface area contributed by atoms with Crippen LogP contribution in [0.1, 0.15) is 31.2 Å². The number of furan rings is 1. The molecule has 4 rings (SSSR count). The summed E-state index contributed by atoms with van der Waals surface area (Å²) in [5.41, 5.74) is 1.10. The normalized spacial score (nSPS) is 15.8. The largest absolute Gasteiger partial charge is 0.497 e. The monoisotopic (exact) mass is 580 g/mol. The summed E-state index contributed by atoms with van der Waals surface area (Å²) in [5, 5.41) is 0. The quantitative estimate of drug-likeness (QED) is 0.329. The van der Waals surface area contributed by atoms with Crippen LogP contribution in [-0.4, -0.2) is 31.4 Å². The number of fused-ring (bicyclic) bond motifs is 1. The molecule has 33 heavy (non-hydrogen) atoms. The number of hydrogen-bond acceptors (Lipinski definition) is 8. The highest BCUT2D eigenvalue weighted by Gasteiger charge is 2.35. The molecular weight excluding hydrogens is 559 g/mol. The molecule has 0 spiro atoms. The Morgan fingerprint density at radius 2 is 2.06 bits per heavy atom. The molecule has 3 aromatic rings. The number of benzene rings is 1. The van der Waals surface area contributed by atoms with Crippen molar-refractivity contribution in [3.63, 3.8) is 0 Å². The van der Waals surface area contributed by atoms with Crippen LogP contribution in [-0.2, 0) is 9.53 Å². The van der Waals surface area contributed by atoms with Gasteiger partial charge in [0.2, 0.25) is 0 Å². The van der Waals surface area contributed by atoms with Crippen LogP contribution in [0.5, 0.6) is 11.5 Å². The number of ether oxygens (including phenoxy) is 3. The fourth-order valence-electron chi connectivity index (χ4n) is 3.67. The lowest BCUT2D eigenvalue weighted by Gasteiger charge is -2.26. The number of thiazole rings is 1. The van der Waals surface area contributed by atoms with Gasteiger partial charge in [0.05, 0.1) is 36.6 Å². The highest BCUT2D eigenvalue weighted by molar-refractivity contribution is 14.1. The van der Waals surface area contributed by atoms with Crippen molar-refractivity contribution in [2.24, 2.45) is 4.99 Å². The van der Waals surface area contributed by atoms with Crippen molar-refractivity contribution in [1.82, 2.24) is 4.57 Å². The fraction of sp³-hybridized carbons (Fsp3) is 0.261. The van der Waals surface area contributed by atoms with E-state index in [-0.39, 0.29) is 17.7 Å². The predicted molar refractivity (Wildman–Crippen MR) is 131 cm³/mol. The van der Waals surface area contributed by atoms with E-state index in [1.165, 1.54) is 23.0 Å². The van der Waals surface area contributed by atoms with E-state index >= 15 is 0 Å². The molecule has 8 nitrogen and oxygen atoms in total. The van der Waals surface area contributed by atoms with Gasteiger partial charge in [-0.3, -0.25) is 9.36 Å². The van der Waals surface area contributed by atoms with Crippen molar-refractivity contribution in [3.05, 3.63) is 76.4 Å². The summed E-state index contributed by atoms with van der Waals surface area (Å²) in [6.07, 6.45) is 1.68. The highest BCUT2D eigenvalue weighted by Crippen LogP contribution is 2.37. The Hall–Kier alpha value is -2.86. The summed E-state index contributed by atoms with van der Waals surface area (Å²) >= 11 is 3.30. The summed E-state index contributed by atoms with van der Waals surface area (Å²) < 4.78 is 24.5. The van der Waals surface area contributed by atoms with Crippen molar-refractivity contribution in [3.8, 4) is 11.5 Å². The first-order chi connectivity index (χ1) is 15.9. The molecule has 0 saturated carbocycles. The van der Waals surface area contributed by atoms with E-state index in [4.69, 9.17) is 18.6 Å². The van der Waals surface area contributed by atoms with Crippen molar-refractivity contribution in [2.45, 2.75) is 19.9 Å². The number of aromatic nitrogens is 1. The Balaban J connectivity index is 2.00. The second-order valence-electron chi connectivity index (χ2n) is 7.05. The number of allylic oxidation sites excluding steroid dienone is 1. The zero-order valence-corrected chi connectivity index (χ0v) is 21.4. The maximum atomic E-state index is 13.6. The lowest BCUT2D eigenvalue weighted by molar-refractivity contribution is -0.139. The topological polar surface area (TPSA) is 92.3 Å². The van der Waals surface area contributed by atoms with Crippen molar-refractivity contribution in [1.29, 1.82) is 0 Å². The number of carbonyl (C=O) groups is 1. The fourth-order valence-corrected chi connectivity index (χ4v) is 5.13. The van der Waals surface area contributed by atoms with Gasteiger partial charge in [-0.05, 0) is 60.7 Å². The number of rotatable bonds is 6. The Morgan fingerprint density at radius 3 is 2.70 bits per heavy atom. The Bertz CT molecular complexity index is 1430. The zero-order chi connectivity index (χ0) is 23.7. The third kappa shape index (κ3) is 4.36. The van der Waals surface area contributed by atoms with Gasteiger partial charge in [0.25, 0.3) is 5.56 Å². The van der Waals surface area contributed by atoms with E-state index in [9.17, 15) is 9.59 Å². The number of nitrogens with zero attached hydrogens (tertiary/aromatic N) is 2. The van der Waals surface area contributed by atoms with Crippen LogP contribution in [0.15, 0.2) is 55.8 Å². The lowest BCUT2D eigenvalue weighted by atomic mass is 9.95. The van der Waals surface area contributed by atoms with E-state index < -0.39 is 12.0 Å². The minimum Gasteiger partial charge on any atom is -0.497 e. The molecule has 1 aliphatic rings. The van der Waals surface area contributed by atoms with Crippen LogP contribution in [0.4, 0.5) is 0 Å². The molecule has 0 bridgehead atoms. The first-order valence-corrected chi connectivity index (χ1v) is 11.9. The smallest absolute Gasteiger partial charge is 0.338 e. The van der Waals surface area contributed by atoms with Gasteiger partial charge in [-0.25, -0.2) is 9.79 Å². The number of esters is 1. The summed E-state index contributed by atoms with van der Waals surface area (Å²) in [7, 11) is 3.09. The van der Waals surface area contributed by atoms with Crippen LogP contribution < -0.4 is 24.4 Å². The number of carbonyl (C=O) groups excluding carboxylic acids is 1. The highest BCUT2D eigenvalue weighted by atomic mass is 127. The number of methoxy groups -OCH3 is 2. The van der Waals surface area contributed by atoms with E-state index in [1.807, 2.05) is 6.07 Å². The van der Waals surface area contributed by atoms with Gasteiger partial charge < -0.3 is 18.6 Å². The van der Waals surface area contributed by atoms with Gasteiger partial charge >= 0.3 is 5.97 Å². The van der Waals surface area contributed by atoms with Crippen molar-refractivity contribution >= 4 is 46.0 Å². The molecule has 1 aliphatic heterocycles. The van der Waals surface area contributed by atoms with Gasteiger partial charge in [-0.15, -0.1) is 0 Å². The maximum absolute atomic E-state index is 13.6. The van der Waals surface area contributed by atoms with Crippen LogP contribution in [0, 0.1) is 3.77 Å². The molecule has 172 valence electrons. The Labute approximate surface area is 206 Å². The van der Waals surface area contributed by atoms with Crippen molar-refractivity contribution < 1.29 is 23.4 Å². The van der Waals surface area contributed by atoms with E-state index in [0.29, 0.717) is 41.6 Å². The maximum Gasteiger partial charge on any atom is 0.338 e. The molecule has 2 aromatic heterocycles. The second-order valence-corrected chi connectivity index (χ2v) is 9.12. The average Bonchev–Trinajstić information content (AvgIpc) is 3.34. The van der Waals surface area contributed by atoms with E-state index in [2.05, 4.69) is 27.6 Å². The molecule has 1 aromatic carbocycles. The van der Waals surface area contributed by atoms with Gasteiger partial charge in [0.15, 0.2) is 8.57 Å². The first kappa shape index (κ1) is 23.3. The molecule has 10 heteroatoms. The Morgan fingerprint density at radius 1 is 1.27 bits per heavy atom. The van der Waals surface area contributed by atoms with Gasteiger partial charge in [-0.2, -0.15) is 0 Å². The SMILES string of the molecule is CCOC(=O)C1=C(C)N=c2s/c(=C\c3ccc(I)o3)c(=O)n2[C@H]1c1ccc(OC)cc1OC. The minimum absolute atomic E-state index is 0.198. The van der Waals surface area contributed by atoms with Gasteiger partial charge in [-0.1, -0.05) is 11.3 Å². The van der Waals surface area contributed by atoms with E-state index in [0.717, 1.165) is 0 Å². The average molecular weight is 580 g/mol. The molecule has 0 amide bonds. The molecule has 0 aliphatic carbocycles. The minimum atomic E-state index is -0.778. The molecule has 0 saturated heterocycles. The molecule has 1 atom stereocenters. The molecule has 0 radical (unpaired) electrons. The van der Waals surface area contributed by atoms with E-state index in [1.54, 1.807) is 51.3 Å².